The van der Waals surface area contributed by atoms with Crippen molar-refractivity contribution in [2.75, 3.05) is 25.4 Å². The Morgan fingerprint density at radius 1 is 1.48 bits per heavy atom. The number of anilines is 1. The maximum absolute atomic E-state index is 12.6. The number of nitrogens with two attached hydrogens (primary N) is 1. The highest BCUT2D eigenvalue weighted by Gasteiger charge is 2.30. The molecule has 1 unspecified atom stereocenters. The van der Waals surface area contributed by atoms with Crippen molar-refractivity contribution < 1.29 is 18.1 Å². The third-order valence-electron chi connectivity index (χ3n) is 3.24. The number of ether oxygens (including phenoxy) is 1. The van der Waals surface area contributed by atoms with Gasteiger partial charge in [-0.1, -0.05) is 0 Å². The normalized spacial score (nSPS) is 20.9. The number of nitro benzene ring substituents is 1. The lowest BCUT2D eigenvalue weighted by Crippen LogP contribution is -2.36. The number of sulfonamides is 1. The summed E-state index contributed by atoms with van der Waals surface area (Å²) in [7, 11) is -3.79. The molecule has 1 aromatic carbocycles. The number of nitro groups is 1. The van der Waals surface area contributed by atoms with Crippen molar-refractivity contribution in [3.05, 3.63) is 28.3 Å². The molecule has 1 atom stereocenters. The molecule has 1 fully saturated rings. The Bertz CT molecular complexity index is 646. The van der Waals surface area contributed by atoms with Gasteiger partial charge in [-0.3, -0.25) is 10.1 Å². The lowest BCUT2D eigenvalue weighted by Gasteiger charge is -2.22. The van der Waals surface area contributed by atoms with Crippen LogP contribution in [0.5, 0.6) is 0 Å². The topological polar surface area (TPSA) is 116 Å². The molecule has 1 heterocycles. The van der Waals surface area contributed by atoms with Crippen LogP contribution in [0.25, 0.3) is 0 Å². The summed E-state index contributed by atoms with van der Waals surface area (Å²) in [6, 6.07) is 3.38. The molecule has 0 radical (unpaired) electrons. The van der Waals surface area contributed by atoms with Gasteiger partial charge in [0.25, 0.3) is 5.69 Å². The van der Waals surface area contributed by atoms with E-state index in [0.717, 1.165) is 12.1 Å². The summed E-state index contributed by atoms with van der Waals surface area (Å²) in [6.07, 6.45) is 0.387. The van der Waals surface area contributed by atoms with E-state index < -0.39 is 14.9 Å². The average molecular weight is 315 g/mol. The molecular formula is C12H17N3O5S. The molecule has 21 heavy (non-hydrogen) atoms. The number of hydrogen-bond donors (Lipinski definition) is 1. The number of hydrogen-bond acceptors (Lipinski definition) is 6. The molecule has 8 nitrogen and oxygen atoms in total. The van der Waals surface area contributed by atoms with Crippen LogP contribution in [0.2, 0.25) is 0 Å². The van der Waals surface area contributed by atoms with Crippen LogP contribution in [0.3, 0.4) is 0 Å². The fourth-order valence-electron chi connectivity index (χ4n) is 2.20. The van der Waals surface area contributed by atoms with Crippen LogP contribution in [0.1, 0.15) is 13.3 Å². The Morgan fingerprint density at radius 2 is 2.19 bits per heavy atom. The highest BCUT2D eigenvalue weighted by Crippen LogP contribution is 2.27. The van der Waals surface area contributed by atoms with E-state index in [2.05, 4.69) is 0 Å². The van der Waals surface area contributed by atoms with Crippen molar-refractivity contribution in [3.8, 4) is 0 Å². The zero-order chi connectivity index (χ0) is 15.6. The molecule has 2 rings (SSSR count). The second-order valence-electron chi connectivity index (χ2n) is 4.88. The smallest absolute Gasteiger partial charge is 0.271 e. The van der Waals surface area contributed by atoms with Gasteiger partial charge in [-0.25, -0.2) is 8.42 Å². The van der Waals surface area contributed by atoms with E-state index in [1.54, 1.807) is 6.92 Å². The Hall–Kier alpha value is -1.71. The molecule has 1 saturated heterocycles. The monoisotopic (exact) mass is 315 g/mol. The zero-order valence-corrected chi connectivity index (χ0v) is 12.4. The third kappa shape index (κ3) is 3.31. The van der Waals surface area contributed by atoms with Crippen LogP contribution in [0.15, 0.2) is 23.1 Å². The van der Waals surface area contributed by atoms with Gasteiger partial charge in [-0.05, 0) is 19.4 Å². The van der Waals surface area contributed by atoms with Crippen molar-refractivity contribution in [1.82, 2.24) is 4.31 Å². The van der Waals surface area contributed by atoms with Gasteiger partial charge in [-0.15, -0.1) is 0 Å². The first-order valence-corrected chi connectivity index (χ1v) is 7.92. The summed E-state index contributed by atoms with van der Waals surface area (Å²) in [5.41, 5.74) is 5.32. The van der Waals surface area contributed by atoms with Crippen molar-refractivity contribution >= 4 is 21.4 Å². The molecule has 0 bridgehead atoms. The maximum atomic E-state index is 12.6. The molecule has 1 aliphatic rings. The van der Waals surface area contributed by atoms with Gasteiger partial charge in [0.15, 0.2) is 0 Å². The summed E-state index contributed by atoms with van der Waals surface area (Å²) >= 11 is 0. The van der Waals surface area contributed by atoms with Crippen molar-refractivity contribution in [3.63, 3.8) is 0 Å². The molecule has 0 saturated carbocycles. The van der Waals surface area contributed by atoms with E-state index in [0.29, 0.717) is 19.6 Å². The highest BCUT2D eigenvalue weighted by molar-refractivity contribution is 7.89. The minimum Gasteiger partial charge on any atom is -0.397 e. The number of rotatable bonds is 3. The average Bonchev–Trinajstić information content (AvgIpc) is 2.63. The summed E-state index contributed by atoms with van der Waals surface area (Å²) in [5.74, 6) is 0. The van der Waals surface area contributed by atoms with Crippen LogP contribution in [0, 0.1) is 10.1 Å². The first-order valence-electron chi connectivity index (χ1n) is 6.48. The van der Waals surface area contributed by atoms with Crippen LogP contribution in [-0.2, 0) is 14.8 Å². The molecule has 0 aliphatic carbocycles. The molecule has 0 aromatic heterocycles. The highest BCUT2D eigenvalue weighted by atomic mass is 32.2. The Labute approximate surface area is 122 Å². The summed E-state index contributed by atoms with van der Waals surface area (Å²) in [5, 5.41) is 10.7. The third-order valence-corrected chi connectivity index (χ3v) is 5.18. The van der Waals surface area contributed by atoms with Crippen LogP contribution in [0.4, 0.5) is 11.4 Å². The molecule has 0 amide bonds. The first-order chi connectivity index (χ1) is 9.82. The standard InChI is InChI=1S/C12H17N3O5S/c1-9-8-14(5-2-6-20-9)21(18,19)12-4-3-10(15(16)17)7-11(12)13/h3-4,7,9H,2,5-6,8,13H2,1H3. The number of non-ortho nitro benzene ring substituents is 1. The minimum absolute atomic E-state index is 0.109. The van der Waals surface area contributed by atoms with Gasteiger partial charge < -0.3 is 10.5 Å². The molecular weight excluding hydrogens is 298 g/mol. The van der Waals surface area contributed by atoms with Crippen LogP contribution in [-0.4, -0.2) is 43.4 Å². The zero-order valence-electron chi connectivity index (χ0n) is 11.6. The van der Waals surface area contributed by atoms with Crippen molar-refractivity contribution in [1.29, 1.82) is 0 Å². The van der Waals surface area contributed by atoms with Gasteiger partial charge in [0.1, 0.15) is 4.90 Å². The molecule has 0 spiro atoms. The summed E-state index contributed by atoms with van der Waals surface area (Å²) in [6.45, 7) is 2.87. The van der Waals surface area contributed by atoms with Gasteiger partial charge in [0.2, 0.25) is 10.0 Å². The number of nitrogens with zero attached hydrogens (tertiary/aromatic N) is 2. The maximum Gasteiger partial charge on any atom is 0.271 e. The van der Waals surface area contributed by atoms with Gasteiger partial charge in [0, 0.05) is 31.8 Å². The quantitative estimate of drug-likeness (QED) is 0.505. The molecule has 9 heteroatoms. The predicted octanol–water partition coefficient (Wildman–Crippen LogP) is 0.977. The SMILES string of the molecule is CC1CN(S(=O)(=O)c2ccc([N+](=O)[O-])cc2N)CCCO1. The first kappa shape index (κ1) is 15.7. The summed E-state index contributed by atoms with van der Waals surface area (Å²) in [4.78, 5) is 9.95. The number of benzene rings is 1. The van der Waals surface area contributed by atoms with Gasteiger partial charge in [0.05, 0.1) is 16.7 Å². The predicted molar refractivity (Wildman–Crippen MR) is 76.3 cm³/mol. The Kier molecular flexibility index (Phi) is 4.45. The minimum atomic E-state index is -3.79. The number of nitrogen functional groups attached to an aromatic ring is 1. The van der Waals surface area contributed by atoms with Crippen molar-refractivity contribution in [2.24, 2.45) is 0 Å². The van der Waals surface area contributed by atoms with Crippen molar-refractivity contribution in [2.45, 2.75) is 24.3 Å². The lowest BCUT2D eigenvalue weighted by atomic mass is 10.3. The molecule has 116 valence electrons. The fraction of sp³-hybridized carbons (Fsp3) is 0.500. The van der Waals surface area contributed by atoms with Gasteiger partial charge >= 0.3 is 0 Å². The molecule has 1 aliphatic heterocycles. The molecule has 1 aromatic rings. The summed E-state index contributed by atoms with van der Waals surface area (Å²) < 4.78 is 31.9. The Balaban J connectivity index is 2.37. The Morgan fingerprint density at radius 3 is 2.81 bits per heavy atom. The van der Waals surface area contributed by atoms with E-state index >= 15 is 0 Å². The molecule has 2 N–H and O–H groups in total. The second kappa shape index (κ2) is 5.96. The largest absolute Gasteiger partial charge is 0.397 e. The van der Waals surface area contributed by atoms with E-state index in [-0.39, 0.29) is 28.9 Å². The van der Waals surface area contributed by atoms with E-state index in [4.69, 9.17) is 10.5 Å². The van der Waals surface area contributed by atoms with Gasteiger partial charge in [-0.2, -0.15) is 4.31 Å². The van der Waals surface area contributed by atoms with E-state index in [1.165, 1.54) is 10.4 Å². The van der Waals surface area contributed by atoms with Crippen LogP contribution < -0.4 is 5.73 Å². The van der Waals surface area contributed by atoms with E-state index in [1.807, 2.05) is 0 Å². The lowest BCUT2D eigenvalue weighted by molar-refractivity contribution is -0.384. The van der Waals surface area contributed by atoms with E-state index in [9.17, 15) is 18.5 Å². The second-order valence-corrected chi connectivity index (χ2v) is 6.78. The van der Waals surface area contributed by atoms with Crippen LogP contribution >= 0.6 is 0 Å². The fourth-order valence-corrected chi connectivity index (χ4v) is 3.85.